The first-order chi connectivity index (χ1) is 12.6. The lowest BCUT2D eigenvalue weighted by Gasteiger charge is -2.42. The molecular formula is C24H34Br2N2. The minimum absolute atomic E-state index is 0. The molecule has 0 saturated carbocycles. The zero-order chi connectivity index (χ0) is 19.5. The lowest BCUT2D eigenvalue weighted by atomic mass is 10.1. The Morgan fingerprint density at radius 3 is 0.893 bits per heavy atom. The van der Waals surface area contributed by atoms with Crippen LogP contribution in [0.15, 0.2) is 100 Å². The molecule has 0 aliphatic carbocycles. The first-order valence-electron chi connectivity index (χ1n) is 9.07. The van der Waals surface area contributed by atoms with Crippen LogP contribution in [0.1, 0.15) is 0 Å². The number of benzene rings is 1. The Kier molecular flexibility index (Phi) is 14.9. The number of para-hydroxylation sites is 2. The van der Waals surface area contributed by atoms with E-state index < -0.39 is 0 Å². The Balaban J connectivity index is 0. The van der Waals surface area contributed by atoms with Crippen LogP contribution in [0.2, 0.25) is 0 Å². The summed E-state index contributed by atoms with van der Waals surface area (Å²) in [6.45, 7) is 28.9. The third-order valence-corrected chi connectivity index (χ3v) is 4.78. The predicted octanol–water partition coefficient (Wildman–Crippen LogP) is -0.575. The minimum atomic E-state index is 0. The Labute approximate surface area is 193 Å². The quantitative estimate of drug-likeness (QED) is 0.233. The minimum Gasteiger partial charge on any atom is -1.00 e. The molecule has 154 valence electrons. The lowest BCUT2D eigenvalue weighted by Crippen LogP contribution is -3.00. The van der Waals surface area contributed by atoms with Crippen molar-refractivity contribution in [3.05, 3.63) is 100 Å². The van der Waals surface area contributed by atoms with Crippen LogP contribution in [0.3, 0.4) is 0 Å². The molecule has 2 nitrogen and oxygen atoms in total. The average molecular weight is 510 g/mol. The van der Waals surface area contributed by atoms with Crippen molar-refractivity contribution in [2.45, 2.75) is 0 Å². The van der Waals surface area contributed by atoms with Gasteiger partial charge in [0.2, 0.25) is 0 Å². The summed E-state index contributed by atoms with van der Waals surface area (Å²) in [5, 5.41) is 0. The largest absolute Gasteiger partial charge is 1.00 e. The standard InChI is InChI=1S/C24H34N2.2BrH/c1-7-17-25(18-8-2,19-9-3)23-15-13-14-16-24(23)26(20-10-4,21-11-5)22-12-6;;/h7-16H,1-6,17-22H2;2*1H/q+2;;/p-2. The summed E-state index contributed by atoms with van der Waals surface area (Å²) in [5.41, 5.74) is 2.52. The van der Waals surface area contributed by atoms with E-state index in [1.165, 1.54) is 11.4 Å². The molecule has 0 aromatic heterocycles. The van der Waals surface area contributed by atoms with Crippen LogP contribution in [0.5, 0.6) is 0 Å². The first-order valence-corrected chi connectivity index (χ1v) is 9.07. The fourth-order valence-electron chi connectivity index (χ4n) is 3.79. The van der Waals surface area contributed by atoms with Crippen LogP contribution < -0.4 is 42.9 Å². The second-order valence-electron chi connectivity index (χ2n) is 6.61. The van der Waals surface area contributed by atoms with Crippen LogP contribution in [-0.4, -0.2) is 39.3 Å². The summed E-state index contributed by atoms with van der Waals surface area (Å²) in [6.07, 6.45) is 11.9. The summed E-state index contributed by atoms with van der Waals surface area (Å²) in [7, 11) is 0. The van der Waals surface area contributed by atoms with E-state index in [-0.39, 0.29) is 34.0 Å². The van der Waals surface area contributed by atoms with Crippen molar-refractivity contribution in [3.8, 4) is 0 Å². The zero-order valence-electron chi connectivity index (χ0n) is 16.9. The molecule has 0 bridgehead atoms. The fourth-order valence-corrected chi connectivity index (χ4v) is 3.79. The van der Waals surface area contributed by atoms with Crippen molar-refractivity contribution in [3.63, 3.8) is 0 Å². The summed E-state index contributed by atoms with van der Waals surface area (Å²) in [4.78, 5) is 0. The van der Waals surface area contributed by atoms with Crippen molar-refractivity contribution >= 4 is 11.4 Å². The SMILES string of the molecule is C=CC[N+](CC=C)(CC=C)c1ccccc1[N+](CC=C)(CC=C)CC=C.[Br-].[Br-]. The number of rotatable bonds is 14. The molecule has 1 aromatic carbocycles. The number of hydrogen-bond donors (Lipinski definition) is 0. The molecule has 0 aliphatic heterocycles. The summed E-state index contributed by atoms with van der Waals surface area (Å²) >= 11 is 0. The van der Waals surface area contributed by atoms with Gasteiger partial charge in [-0.3, -0.25) is 8.97 Å². The van der Waals surface area contributed by atoms with E-state index in [4.69, 9.17) is 0 Å². The van der Waals surface area contributed by atoms with E-state index in [9.17, 15) is 0 Å². The summed E-state index contributed by atoms with van der Waals surface area (Å²) < 4.78 is 1.44. The second-order valence-corrected chi connectivity index (χ2v) is 6.61. The van der Waals surface area contributed by atoms with Crippen LogP contribution in [0.25, 0.3) is 0 Å². The maximum absolute atomic E-state index is 4.00. The number of hydrogen-bond acceptors (Lipinski definition) is 0. The number of nitrogens with zero attached hydrogens (tertiary/aromatic N) is 2. The highest BCUT2D eigenvalue weighted by molar-refractivity contribution is 5.68. The fraction of sp³-hybridized carbons (Fsp3) is 0.250. The van der Waals surface area contributed by atoms with Gasteiger partial charge >= 0.3 is 0 Å². The maximum atomic E-state index is 4.00. The molecule has 0 aliphatic rings. The molecule has 28 heavy (non-hydrogen) atoms. The highest BCUT2D eigenvalue weighted by Gasteiger charge is 2.38. The molecule has 4 heteroatoms. The molecule has 1 rings (SSSR count). The molecular weight excluding hydrogens is 476 g/mol. The first kappa shape index (κ1) is 28.7. The van der Waals surface area contributed by atoms with Crippen LogP contribution in [0.4, 0.5) is 11.4 Å². The van der Waals surface area contributed by atoms with E-state index in [1.54, 1.807) is 0 Å². The molecule has 0 saturated heterocycles. The Hall–Kier alpha value is -1.46. The molecule has 0 N–H and O–H groups in total. The van der Waals surface area contributed by atoms with Gasteiger partial charge in [-0.15, -0.1) is 0 Å². The topological polar surface area (TPSA) is 0 Å². The van der Waals surface area contributed by atoms with E-state index in [2.05, 4.69) is 63.7 Å². The van der Waals surface area contributed by atoms with Crippen molar-refractivity contribution in [2.75, 3.05) is 39.3 Å². The van der Waals surface area contributed by atoms with Crippen LogP contribution >= 0.6 is 0 Å². The maximum Gasteiger partial charge on any atom is 0.195 e. The molecule has 1 aromatic rings. The van der Waals surface area contributed by atoms with Gasteiger partial charge in [0.05, 0.1) is 0 Å². The average Bonchev–Trinajstić information content (AvgIpc) is 2.63. The highest BCUT2D eigenvalue weighted by Crippen LogP contribution is 2.38. The van der Waals surface area contributed by atoms with Gasteiger partial charge < -0.3 is 34.0 Å². The molecule has 0 radical (unpaired) electrons. The van der Waals surface area contributed by atoms with Crippen LogP contribution in [-0.2, 0) is 0 Å². The third-order valence-electron chi connectivity index (χ3n) is 4.78. The highest BCUT2D eigenvalue weighted by atomic mass is 79.9. The predicted molar refractivity (Wildman–Crippen MR) is 120 cm³/mol. The van der Waals surface area contributed by atoms with Crippen molar-refractivity contribution in [1.82, 2.24) is 8.97 Å². The summed E-state index contributed by atoms with van der Waals surface area (Å²) in [5.74, 6) is 0. The molecule has 0 spiro atoms. The van der Waals surface area contributed by atoms with Crippen molar-refractivity contribution in [2.24, 2.45) is 0 Å². The smallest absolute Gasteiger partial charge is 0.195 e. The van der Waals surface area contributed by atoms with E-state index >= 15 is 0 Å². The summed E-state index contributed by atoms with van der Waals surface area (Å²) in [6, 6.07) is 8.64. The second kappa shape index (κ2) is 14.5. The normalized spacial score (nSPS) is 10.6. The van der Waals surface area contributed by atoms with Gasteiger partial charge in [0.25, 0.3) is 0 Å². The van der Waals surface area contributed by atoms with E-state index in [1.807, 2.05) is 36.5 Å². The Bertz CT molecular complexity index is 554. The van der Waals surface area contributed by atoms with Gasteiger partial charge in [0.1, 0.15) is 39.3 Å². The molecule has 0 heterocycles. The van der Waals surface area contributed by atoms with Gasteiger partial charge in [0, 0.05) is 12.1 Å². The molecule has 0 unspecified atom stereocenters. The lowest BCUT2D eigenvalue weighted by molar-refractivity contribution is -0.001000. The number of halogens is 2. The van der Waals surface area contributed by atoms with E-state index in [0.717, 1.165) is 48.2 Å². The molecule has 0 atom stereocenters. The van der Waals surface area contributed by atoms with Gasteiger partial charge in [-0.25, -0.2) is 0 Å². The zero-order valence-corrected chi connectivity index (χ0v) is 20.1. The van der Waals surface area contributed by atoms with Gasteiger partial charge in [-0.1, -0.05) is 51.6 Å². The number of quaternary nitrogens is 2. The Morgan fingerprint density at radius 2 is 0.714 bits per heavy atom. The van der Waals surface area contributed by atoms with E-state index in [0.29, 0.717) is 0 Å². The van der Waals surface area contributed by atoms with Gasteiger partial charge in [0.15, 0.2) is 11.4 Å². The monoisotopic (exact) mass is 508 g/mol. The molecule has 0 fully saturated rings. The Morgan fingerprint density at radius 1 is 0.500 bits per heavy atom. The van der Waals surface area contributed by atoms with Crippen molar-refractivity contribution in [1.29, 1.82) is 0 Å². The van der Waals surface area contributed by atoms with Gasteiger partial charge in [-0.2, -0.15) is 0 Å². The van der Waals surface area contributed by atoms with Crippen molar-refractivity contribution < 1.29 is 34.0 Å². The third kappa shape index (κ3) is 6.56. The van der Waals surface area contributed by atoms with Crippen LogP contribution in [0, 0.1) is 0 Å². The van der Waals surface area contributed by atoms with Gasteiger partial charge in [-0.05, 0) is 36.5 Å². The molecule has 0 amide bonds.